The van der Waals surface area contributed by atoms with Gasteiger partial charge in [0.25, 0.3) is 0 Å². The zero-order valence-corrected chi connectivity index (χ0v) is 19.5. The summed E-state index contributed by atoms with van der Waals surface area (Å²) < 4.78 is 29.7. The fraction of sp³-hybridized carbons (Fsp3) is 0.458. The SMILES string of the molecule is CCN1C(CC(C)(C)C)C(c2ccc(Cl)c(F)c2F)C(c2cccc(Cl)c2)C1C(=O)O. The summed E-state index contributed by atoms with van der Waals surface area (Å²) in [5, 5.41) is 10.4. The van der Waals surface area contributed by atoms with E-state index in [2.05, 4.69) is 20.8 Å². The van der Waals surface area contributed by atoms with Crippen molar-refractivity contribution in [3.05, 3.63) is 69.2 Å². The van der Waals surface area contributed by atoms with Crippen molar-refractivity contribution < 1.29 is 18.7 Å². The quantitative estimate of drug-likeness (QED) is 0.493. The van der Waals surface area contributed by atoms with Gasteiger partial charge >= 0.3 is 5.97 Å². The number of likely N-dealkylation sites (tertiary alicyclic amines) is 1. The van der Waals surface area contributed by atoms with E-state index in [1.165, 1.54) is 12.1 Å². The van der Waals surface area contributed by atoms with Crippen molar-refractivity contribution in [2.45, 2.75) is 58.0 Å². The average Bonchev–Trinajstić information content (AvgIpc) is 2.99. The Balaban J connectivity index is 2.29. The molecule has 0 spiro atoms. The molecule has 4 unspecified atom stereocenters. The minimum atomic E-state index is -1.11. The van der Waals surface area contributed by atoms with E-state index in [0.29, 0.717) is 23.6 Å². The first-order chi connectivity index (χ1) is 14.5. The van der Waals surface area contributed by atoms with Crippen molar-refractivity contribution >= 4 is 29.2 Å². The smallest absolute Gasteiger partial charge is 0.321 e. The summed E-state index contributed by atoms with van der Waals surface area (Å²) >= 11 is 12.0. The number of halogens is 4. The van der Waals surface area contributed by atoms with Crippen LogP contribution in [0.25, 0.3) is 0 Å². The number of carbonyl (C=O) groups is 1. The molecule has 31 heavy (non-hydrogen) atoms. The second-order valence-corrected chi connectivity index (χ2v) is 10.2. The summed E-state index contributed by atoms with van der Waals surface area (Å²) in [5.41, 5.74) is 0.669. The lowest BCUT2D eigenvalue weighted by molar-refractivity contribution is -0.143. The zero-order chi connectivity index (χ0) is 23.1. The number of hydrogen-bond acceptors (Lipinski definition) is 2. The monoisotopic (exact) mass is 469 g/mol. The Morgan fingerprint density at radius 2 is 1.77 bits per heavy atom. The summed E-state index contributed by atoms with van der Waals surface area (Å²) in [6.07, 6.45) is 0.607. The largest absolute Gasteiger partial charge is 0.480 e. The van der Waals surface area contributed by atoms with Gasteiger partial charge in [-0.2, -0.15) is 0 Å². The number of benzene rings is 2. The lowest BCUT2D eigenvalue weighted by Gasteiger charge is -2.34. The molecule has 1 aliphatic heterocycles. The molecule has 1 saturated heterocycles. The van der Waals surface area contributed by atoms with Crippen LogP contribution < -0.4 is 0 Å². The Kier molecular flexibility index (Phi) is 6.99. The maximum absolute atomic E-state index is 15.2. The van der Waals surface area contributed by atoms with Gasteiger partial charge in [0.2, 0.25) is 0 Å². The molecule has 0 amide bonds. The third kappa shape index (κ3) is 4.74. The molecule has 7 heteroatoms. The van der Waals surface area contributed by atoms with Crippen molar-refractivity contribution in [2.75, 3.05) is 6.54 Å². The highest BCUT2D eigenvalue weighted by Crippen LogP contribution is 2.52. The first-order valence-corrected chi connectivity index (χ1v) is 11.1. The number of hydrogen-bond donors (Lipinski definition) is 1. The van der Waals surface area contributed by atoms with Crippen molar-refractivity contribution in [1.82, 2.24) is 4.90 Å². The summed E-state index contributed by atoms with van der Waals surface area (Å²) in [4.78, 5) is 14.4. The zero-order valence-electron chi connectivity index (χ0n) is 18.0. The van der Waals surface area contributed by atoms with Gasteiger partial charge in [-0.25, -0.2) is 8.78 Å². The van der Waals surface area contributed by atoms with E-state index in [1.807, 2.05) is 11.8 Å². The van der Waals surface area contributed by atoms with Crippen LogP contribution in [0.1, 0.15) is 57.1 Å². The number of carboxylic acids is 1. The first-order valence-electron chi connectivity index (χ1n) is 10.3. The second kappa shape index (κ2) is 9.05. The molecule has 4 atom stereocenters. The van der Waals surface area contributed by atoms with Crippen LogP contribution in [0.5, 0.6) is 0 Å². The highest BCUT2D eigenvalue weighted by molar-refractivity contribution is 6.31. The van der Waals surface area contributed by atoms with E-state index in [0.717, 1.165) is 0 Å². The third-order valence-electron chi connectivity index (χ3n) is 6.02. The molecular weight excluding hydrogens is 443 g/mol. The molecular formula is C24H27Cl2F2NO2. The van der Waals surface area contributed by atoms with Gasteiger partial charge in [0.15, 0.2) is 11.6 Å². The van der Waals surface area contributed by atoms with Crippen molar-refractivity contribution in [2.24, 2.45) is 5.41 Å². The van der Waals surface area contributed by atoms with E-state index in [4.69, 9.17) is 23.2 Å². The molecule has 2 aromatic carbocycles. The van der Waals surface area contributed by atoms with Crippen molar-refractivity contribution in [1.29, 1.82) is 0 Å². The first kappa shape index (κ1) is 24.0. The summed E-state index contributed by atoms with van der Waals surface area (Å²) in [7, 11) is 0. The molecule has 3 nitrogen and oxygen atoms in total. The van der Waals surface area contributed by atoms with Crippen LogP contribution in [-0.2, 0) is 4.79 Å². The van der Waals surface area contributed by atoms with Crippen molar-refractivity contribution in [3.8, 4) is 0 Å². The van der Waals surface area contributed by atoms with Crippen LogP contribution in [-0.4, -0.2) is 34.6 Å². The minimum Gasteiger partial charge on any atom is -0.480 e. The number of aliphatic carboxylic acids is 1. The van der Waals surface area contributed by atoms with E-state index in [-0.39, 0.29) is 22.0 Å². The van der Waals surface area contributed by atoms with Crippen LogP contribution in [0.4, 0.5) is 8.78 Å². The Bertz CT molecular complexity index is 977. The Labute approximate surface area is 192 Å². The minimum absolute atomic E-state index is 0.142. The highest BCUT2D eigenvalue weighted by atomic mass is 35.5. The molecule has 0 saturated carbocycles. The Morgan fingerprint density at radius 3 is 2.32 bits per heavy atom. The molecule has 3 rings (SSSR count). The molecule has 1 N–H and O–H groups in total. The average molecular weight is 470 g/mol. The fourth-order valence-electron chi connectivity index (χ4n) is 4.96. The molecule has 0 radical (unpaired) electrons. The van der Waals surface area contributed by atoms with Crippen LogP contribution in [0.3, 0.4) is 0 Å². The van der Waals surface area contributed by atoms with Gasteiger partial charge in [0, 0.05) is 22.9 Å². The van der Waals surface area contributed by atoms with Gasteiger partial charge in [-0.3, -0.25) is 9.69 Å². The number of nitrogens with zero attached hydrogens (tertiary/aromatic N) is 1. The highest BCUT2D eigenvalue weighted by Gasteiger charge is 2.54. The molecule has 0 aliphatic carbocycles. The van der Waals surface area contributed by atoms with Gasteiger partial charge in [-0.15, -0.1) is 0 Å². The van der Waals surface area contributed by atoms with Gasteiger partial charge < -0.3 is 5.11 Å². The molecule has 0 aromatic heterocycles. The van der Waals surface area contributed by atoms with Crippen LogP contribution in [0.15, 0.2) is 36.4 Å². The number of likely N-dealkylation sites (N-methyl/N-ethyl adjacent to an activating group) is 1. The molecule has 1 fully saturated rings. The lowest BCUT2D eigenvalue weighted by atomic mass is 9.74. The predicted octanol–water partition coefficient (Wildman–Crippen LogP) is 6.73. The van der Waals surface area contributed by atoms with Crippen LogP contribution in [0, 0.1) is 17.0 Å². The van der Waals surface area contributed by atoms with Gasteiger partial charge in [-0.05, 0) is 47.7 Å². The van der Waals surface area contributed by atoms with Gasteiger partial charge in [0.1, 0.15) is 6.04 Å². The Morgan fingerprint density at radius 1 is 1.10 bits per heavy atom. The second-order valence-electron chi connectivity index (χ2n) is 9.32. The molecule has 1 aliphatic rings. The van der Waals surface area contributed by atoms with E-state index >= 15 is 4.39 Å². The third-order valence-corrected chi connectivity index (χ3v) is 6.55. The van der Waals surface area contributed by atoms with Gasteiger partial charge in [-0.1, -0.05) is 69.1 Å². The summed E-state index contributed by atoms with van der Waals surface area (Å²) in [6, 6.07) is 8.57. The molecule has 0 bridgehead atoms. The fourth-order valence-corrected chi connectivity index (χ4v) is 5.30. The predicted molar refractivity (Wildman–Crippen MR) is 120 cm³/mol. The standard InChI is InChI=1S/C24H27Cl2F2NO2/c1-5-29-17(12-24(2,3)4)19(15-9-10-16(26)21(28)20(15)27)18(22(29)23(30)31)13-7-6-8-14(25)11-13/h6-11,17-19,22H,5,12H2,1-4H3,(H,30,31). The van der Waals surface area contributed by atoms with E-state index in [9.17, 15) is 14.3 Å². The lowest BCUT2D eigenvalue weighted by Crippen LogP contribution is -2.43. The number of carboxylic acid groups (broad SMARTS) is 1. The topological polar surface area (TPSA) is 40.5 Å². The van der Waals surface area contributed by atoms with Crippen LogP contribution >= 0.6 is 23.2 Å². The molecule has 1 heterocycles. The maximum atomic E-state index is 15.2. The van der Waals surface area contributed by atoms with E-state index < -0.39 is 35.5 Å². The van der Waals surface area contributed by atoms with Gasteiger partial charge in [0.05, 0.1) is 5.02 Å². The maximum Gasteiger partial charge on any atom is 0.321 e. The Hall–Kier alpha value is -1.69. The number of rotatable bonds is 5. The molecule has 168 valence electrons. The normalized spacial score (nSPS) is 24.5. The molecule has 2 aromatic rings. The van der Waals surface area contributed by atoms with Crippen LogP contribution in [0.2, 0.25) is 10.0 Å². The summed E-state index contributed by atoms with van der Waals surface area (Å²) in [6.45, 7) is 8.52. The van der Waals surface area contributed by atoms with Crippen molar-refractivity contribution in [3.63, 3.8) is 0 Å². The summed E-state index contributed by atoms with van der Waals surface area (Å²) in [5.74, 6) is -4.34. The van der Waals surface area contributed by atoms with E-state index in [1.54, 1.807) is 24.3 Å².